The highest BCUT2D eigenvalue weighted by atomic mass is 16.5. The van der Waals surface area contributed by atoms with Gasteiger partial charge in [0.15, 0.2) is 11.5 Å². The average molecular weight is 291 g/mol. The number of esters is 1. The number of methoxy groups -OCH3 is 1. The summed E-state index contributed by atoms with van der Waals surface area (Å²) in [7, 11) is 2.94. The van der Waals surface area contributed by atoms with Crippen LogP contribution in [0.2, 0.25) is 0 Å². The van der Waals surface area contributed by atoms with Crippen LogP contribution < -0.4 is 0 Å². The number of furan rings is 1. The van der Waals surface area contributed by atoms with Crippen molar-refractivity contribution in [3.63, 3.8) is 0 Å². The number of aromatic nitrogens is 2. The molecule has 2 aromatic heterocycles. The van der Waals surface area contributed by atoms with Gasteiger partial charge in [0.25, 0.3) is 5.91 Å². The Kier molecular flexibility index (Phi) is 4.42. The third-order valence-corrected chi connectivity index (χ3v) is 3.08. The minimum Gasteiger partial charge on any atom is -0.469 e. The number of hydrogen-bond donors (Lipinski definition) is 1. The van der Waals surface area contributed by atoms with E-state index in [4.69, 9.17) is 4.42 Å². The van der Waals surface area contributed by atoms with Gasteiger partial charge in [-0.25, -0.2) is 0 Å². The summed E-state index contributed by atoms with van der Waals surface area (Å²) in [6.45, 7) is 1.96. The van der Waals surface area contributed by atoms with Gasteiger partial charge in [0.1, 0.15) is 5.69 Å². The van der Waals surface area contributed by atoms with Crippen molar-refractivity contribution in [1.82, 2.24) is 15.1 Å². The fraction of sp³-hybridized carbons (Fsp3) is 0.357. The molecule has 0 spiro atoms. The molecule has 2 rings (SSSR count). The van der Waals surface area contributed by atoms with Crippen molar-refractivity contribution in [2.75, 3.05) is 20.7 Å². The average Bonchev–Trinajstić information content (AvgIpc) is 3.15. The van der Waals surface area contributed by atoms with Gasteiger partial charge in [0, 0.05) is 19.7 Å². The number of carbonyl (C=O) groups is 2. The summed E-state index contributed by atoms with van der Waals surface area (Å²) in [5.41, 5.74) is 0.888. The predicted octanol–water partition coefficient (Wildman–Crippen LogP) is 1.55. The normalized spacial score (nSPS) is 12.0. The lowest BCUT2D eigenvalue weighted by molar-refractivity contribution is -0.145. The molecule has 7 heteroatoms. The van der Waals surface area contributed by atoms with Gasteiger partial charge in [-0.3, -0.25) is 14.7 Å². The molecule has 0 aliphatic heterocycles. The smallest absolute Gasteiger partial charge is 0.310 e. The van der Waals surface area contributed by atoms with Gasteiger partial charge in [0.05, 0.1) is 19.3 Å². The molecule has 0 aliphatic carbocycles. The van der Waals surface area contributed by atoms with Crippen molar-refractivity contribution in [1.29, 1.82) is 0 Å². The molecule has 1 amide bonds. The minimum absolute atomic E-state index is 0.258. The molecular formula is C14H17N3O4. The zero-order valence-corrected chi connectivity index (χ0v) is 12.1. The summed E-state index contributed by atoms with van der Waals surface area (Å²) in [5.74, 6) is -0.424. The largest absolute Gasteiger partial charge is 0.469 e. The van der Waals surface area contributed by atoms with Gasteiger partial charge in [0.2, 0.25) is 0 Å². The Morgan fingerprint density at radius 1 is 1.52 bits per heavy atom. The second-order valence-electron chi connectivity index (χ2n) is 4.75. The zero-order chi connectivity index (χ0) is 15.4. The van der Waals surface area contributed by atoms with E-state index in [1.165, 1.54) is 12.0 Å². The van der Waals surface area contributed by atoms with Crippen molar-refractivity contribution >= 4 is 11.9 Å². The van der Waals surface area contributed by atoms with Crippen LogP contribution in [-0.4, -0.2) is 47.7 Å². The number of nitrogens with one attached hydrogen (secondary N) is 1. The van der Waals surface area contributed by atoms with Crippen molar-refractivity contribution in [3.05, 3.63) is 30.2 Å². The van der Waals surface area contributed by atoms with Crippen LogP contribution in [0.25, 0.3) is 11.5 Å². The van der Waals surface area contributed by atoms with Crippen molar-refractivity contribution in [3.8, 4) is 11.5 Å². The monoisotopic (exact) mass is 291 g/mol. The molecule has 1 N–H and O–H groups in total. The molecule has 2 aromatic rings. The van der Waals surface area contributed by atoms with E-state index in [9.17, 15) is 9.59 Å². The molecule has 0 aliphatic rings. The van der Waals surface area contributed by atoms with Gasteiger partial charge < -0.3 is 14.1 Å². The molecule has 0 bridgehead atoms. The Balaban J connectivity index is 2.04. The van der Waals surface area contributed by atoms with Crippen molar-refractivity contribution in [2.24, 2.45) is 5.92 Å². The van der Waals surface area contributed by atoms with Crippen LogP contribution in [0.5, 0.6) is 0 Å². The third kappa shape index (κ3) is 3.31. The van der Waals surface area contributed by atoms with E-state index in [-0.39, 0.29) is 24.1 Å². The molecule has 0 saturated heterocycles. The fourth-order valence-electron chi connectivity index (χ4n) is 1.95. The van der Waals surface area contributed by atoms with E-state index in [1.807, 2.05) is 0 Å². The highest BCUT2D eigenvalue weighted by Crippen LogP contribution is 2.18. The number of H-pyrrole nitrogens is 1. The maximum atomic E-state index is 12.2. The highest BCUT2D eigenvalue weighted by Gasteiger charge is 2.21. The van der Waals surface area contributed by atoms with Gasteiger partial charge in [-0.1, -0.05) is 6.92 Å². The lowest BCUT2D eigenvalue weighted by Gasteiger charge is -2.19. The van der Waals surface area contributed by atoms with Gasteiger partial charge in [-0.15, -0.1) is 0 Å². The zero-order valence-electron chi connectivity index (χ0n) is 12.1. The first kappa shape index (κ1) is 14.8. The molecule has 0 radical (unpaired) electrons. The number of ether oxygens (including phenoxy) is 1. The third-order valence-electron chi connectivity index (χ3n) is 3.08. The van der Waals surface area contributed by atoms with E-state index in [0.29, 0.717) is 11.5 Å². The first-order valence-electron chi connectivity index (χ1n) is 6.45. The second kappa shape index (κ2) is 6.25. The quantitative estimate of drug-likeness (QED) is 0.844. The molecular weight excluding hydrogens is 274 g/mol. The number of amides is 1. The van der Waals surface area contributed by atoms with Crippen LogP contribution in [-0.2, 0) is 9.53 Å². The first-order chi connectivity index (χ1) is 10.0. The molecule has 0 saturated carbocycles. The predicted molar refractivity (Wildman–Crippen MR) is 74.4 cm³/mol. The molecule has 21 heavy (non-hydrogen) atoms. The van der Waals surface area contributed by atoms with Crippen molar-refractivity contribution in [2.45, 2.75) is 6.92 Å². The number of aromatic amines is 1. The Morgan fingerprint density at radius 2 is 2.29 bits per heavy atom. The first-order valence-corrected chi connectivity index (χ1v) is 6.45. The maximum Gasteiger partial charge on any atom is 0.310 e. The fourth-order valence-corrected chi connectivity index (χ4v) is 1.95. The van der Waals surface area contributed by atoms with E-state index < -0.39 is 5.92 Å². The molecule has 1 atom stereocenters. The maximum absolute atomic E-state index is 12.2. The molecule has 7 nitrogen and oxygen atoms in total. The molecule has 0 aromatic carbocycles. The molecule has 1 unspecified atom stereocenters. The van der Waals surface area contributed by atoms with Crippen LogP contribution in [0.1, 0.15) is 17.4 Å². The van der Waals surface area contributed by atoms with Crippen LogP contribution in [0.3, 0.4) is 0 Å². The van der Waals surface area contributed by atoms with E-state index >= 15 is 0 Å². The molecule has 112 valence electrons. The van der Waals surface area contributed by atoms with Crippen LogP contribution in [0, 0.1) is 5.92 Å². The minimum atomic E-state index is -0.396. The Morgan fingerprint density at radius 3 is 2.90 bits per heavy atom. The summed E-state index contributed by atoms with van der Waals surface area (Å²) in [6.07, 6.45) is 1.54. The van der Waals surface area contributed by atoms with Gasteiger partial charge in [-0.05, 0) is 12.1 Å². The SMILES string of the molecule is COC(=O)C(C)CN(C)C(=O)c1cc(-c2ccco2)[nH]n1. The number of carbonyl (C=O) groups excluding carboxylic acids is 2. The topological polar surface area (TPSA) is 88.4 Å². The summed E-state index contributed by atoms with van der Waals surface area (Å²) in [4.78, 5) is 25.0. The van der Waals surface area contributed by atoms with Crippen LogP contribution in [0.15, 0.2) is 28.9 Å². The van der Waals surface area contributed by atoms with E-state index in [1.54, 1.807) is 38.4 Å². The van der Waals surface area contributed by atoms with Gasteiger partial charge >= 0.3 is 5.97 Å². The number of rotatable bonds is 5. The van der Waals surface area contributed by atoms with Crippen LogP contribution >= 0.6 is 0 Å². The van der Waals surface area contributed by atoms with Crippen molar-refractivity contribution < 1.29 is 18.7 Å². The van der Waals surface area contributed by atoms with Gasteiger partial charge in [-0.2, -0.15) is 5.10 Å². The molecule has 2 heterocycles. The second-order valence-corrected chi connectivity index (χ2v) is 4.75. The Labute approximate surface area is 121 Å². The Bertz CT molecular complexity index is 618. The summed E-state index contributed by atoms with van der Waals surface area (Å²) in [5, 5.41) is 6.72. The van der Waals surface area contributed by atoms with E-state index in [2.05, 4.69) is 14.9 Å². The number of hydrogen-bond acceptors (Lipinski definition) is 5. The van der Waals surface area contributed by atoms with E-state index in [0.717, 1.165) is 0 Å². The standard InChI is InChI=1S/C14H17N3O4/c1-9(14(19)20-3)8-17(2)13(18)11-7-10(15-16-11)12-5-4-6-21-12/h4-7,9H,8H2,1-3H3,(H,15,16). The van der Waals surface area contributed by atoms with Crippen LogP contribution in [0.4, 0.5) is 0 Å². The lowest BCUT2D eigenvalue weighted by Crippen LogP contribution is -2.34. The number of nitrogens with zero attached hydrogens (tertiary/aromatic N) is 2. The highest BCUT2D eigenvalue weighted by molar-refractivity contribution is 5.93. The summed E-state index contributed by atoms with van der Waals surface area (Å²) >= 11 is 0. The summed E-state index contributed by atoms with van der Waals surface area (Å²) in [6, 6.07) is 5.13. The molecule has 0 fully saturated rings. The lowest BCUT2D eigenvalue weighted by atomic mass is 10.1. The summed E-state index contributed by atoms with van der Waals surface area (Å²) < 4.78 is 9.87. The Hall–Kier alpha value is -2.57.